The number of hydrogen-bond acceptors (Lipinski definition) is 0. The number of hydrogen-bond donors (Lipinski definition) is 0. The third-order valence-electron chi connectivity index (χ3n) is 4.70. The summed E-state index contributed by atoms with van der Waals surface area (Å²) in [6.45, 7) is 2.33. The molecule has 0 unspecified atom stereocenters. The van der Waals surface area contributed by atoms with Gasteiger partial charge in [0.15, 0.2) is 0 Å². The first-order valence-corrected chi connectivity index (χ1v) is 10.1. The van der Waals surface area contributed by atoms with Crippen molar-refractivity contribution in [2.75, 3.05) is 0 Å². The van der Waals surface area contributed by atoms with Crippen molar-refractivity contribution in [2.45, 2.75) is 22.9 Å². The van der Waals surface area contributed by atoms with E-state index in [2.05, 4.69) is 73.7 Å². The Hall–Kier alpha value is -0.617. The van der Waals surface area contributed by atoms with Crippen LogP contribution in [-0.4, -0.2) is 0 Å². The molecule has 23 heavy (non-hydrogen) atoms. The zero-order valence-corrected chi connectivity index (χ0v) is 17.0. The Bertz CT molecular complexity index is 750. The predicted octanol–water partition coefficient (Wildman–Crippen LogP) is -1.33. The molecule has 0 bridgehead atoms. The van der Waals surface area contributed by atoms with Crippen LogP contribution in [0.15, 0.2) is 66.8 Å². The summed E-state index contributed by atoms with van der Waals surface area (Å²) >= 11 is -0.681. The van der Waals surface area contributed by atoms with Crippen LogP contribution in [0.3, 0.4) is 0 Å². The molecule has 3 heteroatoms. The Balaban J connectivity index is 0.000000960. The molecule has 116 valence electrons. The summed E-state index contributed by atoms with van der Waals surface area (Å²) in [7, 11) is 0. The second kappa shape index (κ2) is 7.51. The fourth-order valence-corrected chi connectivity index (χ4v) is 7.35. The van der Waals surface area contributed by atoms with Gasteiger partial charge in [0.1, 0.15) is 0 Å². The molecular formula is C20H18Cl2Zr. The molecule has 0 heterocycles. The summed E-state index contributed by atoms with van der Waals surface area (Å²) in [6, 6.07) is 15.9. The SMILES string of the molecule is CC[C]1([Zr+2][c]2cccc3c2Cc2ccccc2-3)C=CC=C1.[Cl-].[Cl-]. The van der Waals surface area contributed by atoms with Crippen molar-refractivity contribution >= 4 is 3.27 Å². The van der Waals surface area contributed by atoms with Gasteiger partial charge in [0.05, 0.1) is 0 Å². The van der Waals surface area contributed by atoms with Gasteiger partial charge in [-0.05, 0) is 0 Å². The predicted molar refractivity (Wildman–Crippen MR) is 85.6 cm³/mol. The van der Waals surface area contributed by atoms with E-state index in [1.54, 1.807) is 8.83 Å². The van der Waals surface area contributed by atoms with Gasteiger partial charge in [0, 0.05) is 0 Å². The summed E-state index contributed by atoms with van der Waals surface area (Å²) < 4.78 is 2.08. The summed E-state index contributed by atoms with van der Waals surface area (Å²) in [5, 5.41) is 0. The molecule has 0 atom stereocenters. The van der Waals surface area contributed by atoms with E-state index in [1.165, 1.54) is 23.1 Å². The first-order valence-electron chi connectivity index (χ1n) is 7.67. The second-order valence-electron chi connectivity index (χ2n) is 5.90. The minimum absolute atomic E-state index is 0. The maximum absolute atomic E-state index is 2.45. The summed E-state index contributed by atoms with van der Waals surface area (Å²) in [4.78, 5) is 0. The van der Waals surface area contributed by atoms with Crippen molar-refractivity contribution in [1.82, 2.24) is 0 Å². The Morgan fingerprint density at radius 3 is 2.35 bits per heavy atom. The van der Waals surface area contributed by atoms with Crippen LogP contribution >= 0.6 is 0 Å². The first kappa shape index (κ1) is 18.7. The van der Waals surface area contributed by atoms with Crippen molar-refractivity contribution in [3.63, 3.8) is 0 Å². The molecule has 0 N–H and O–H groups in total. The maximum Gasteiger partial charge on any atom is -1.00 e. The van der Waals surface area contributed by atoms with Gasteiger partial charge < -0.3 is 24.8 Å². The van der Waals surface area contributed by atoms with Crippen molar-refractivity contribution < 1.29 is 48.0 Å². The molecule has 0 nitrogen and oxygen atoms in total. The summed E-state index contributed by atoms with van der Waals surface area (Å²) in [6.07, 6.45) is 11.7. The fraction of sp³-hybridized carbons (Fsp3) is 0.200. The Kier molecular flexibility index (Phi) is 6.12. The standard InChI is InChI=1S/C13H9.C7H9.2ClH.Zr/c1-3-7-12-10(5-1)9-11-6-2-4-8-13(11)12;1-2-7-5-3-4-6-7;;;/h1-5,7-8H,9H2;3-6H,2H2,1H3;2*1H;/q;;;;+2/p-2. The number of benzene rings is 2. The zero-order chi connectivity index (χ0) is 14.3. The maximum atomic E-state index is 2.45. The molecule has 0 spiro atoms. The van der Waals surface area contributed by atoms with Crippen LogP contribution in [0.2, 0.25) is 3.12 Å². The minimum atomic E-state index is -0.681. The van der Waals surface area contributed by atoms with E-state index in [1.807, 2.05) is 0 Å². The van der Waals surface area contributed by atoms with Gasteiger partial charge in [-0.1, -0.05) is 0 Å². The van der Waals surface area contributed by atoms with Crippen molar-refractivity contribution in [3.8, 4) is 11.1 Å². The van der Waals surface area contributed by atoms with Crippen LogP contribution in [0.1, 0.15) is 24.5 Å². The van der Waals surface area contributed by atoms with Crippen LogP contribution in [0, 0.1) is 0 Å². The third kappa shape index (κ3) is 3.29. The third-order valence-corrected chi connectivity index (χ3v) is 9.35. The van der Waals surface area contributed by atoms with Crippen molar-refractivity contribution in [3.05, 3.63) is 77.9 Å². The molecule has 0 radical (unpaired) electrons. The number of rotatable bonds is 3. The van der Waals surface area contributed by atoms with Crippen LogP contribution in [0.5, 0.6) is 0 Å². The molecule has 4 rings (SSSR count). The average Bonchev–Trinajstić information content (AvgIpc) is 3.13. The molecule has 0 saturated heterocycles. The monoisotopic (exact) mass is 418 g/mol. The number of halogens is 2. The molecule has 0 aliphatic heterocycles. The summed E-state index contributed by atoms with van der Waals surface area (Å²) in [5.74, 6) is 0. The van der Waals surface area contributed by atoms with Crippen LogP contribution in [0.25, 0.3) is 11.1 Å². The molecule has 2 aliphatic carbocycles. The van der Waals surface area contributed by atoms with Gasteiger partial charge >= 0.3 is 138 Å². The Labute approximate surface area is 162 Å². The first-order chi connectivity index (χ1) is 10.3. The van der Waals surface area contributed by atoms with E-state index in [0.29, 0.717) is 3.12 Å². The summed E-state index contributed by atoms with van der Waals surface area (Å²) in [5.41, 5.74) is 6.06. The molecule has 2 aromatic rings. The minimum Gasteiger partial charge on any atom is -1.00 e. The van der Waals surface area contributed by atoms with E-state index in [-0.39, 0.29) is 24.8 Å². The van der Waals surface area contributed by atoms with Crippen molar-refractivity contribution in [2.24, 2.45) is 0 Å². The molecule has 2 aliphatic rings. The number of fused-ring (bicyclic) bond motifs is 3. The Morgan fingerprint density at radius 1 is 0.913 bits per heavy atom. The second-order valence-corrected chi connectivity index (χ2v) is 10.1. The molecular weight excluding hydrogens is 402 g/mol. The van der Waals surface area contributed by atoms with Gasteiger partial charge in [0.2, 0.25) is 0 Å². The normalized spacial score (nSPS) is 15.2. The quantitative estimate of drug-likeness (QED) is 0.493. The van der Waals surface area contributed by atoms with E-state index in [4.69, 9.17) is 0 Å². The van der Waals surface area contributed by atoms with E-state index in [9.17, 15) is 0 Å². The van der Waals surface area contributed by atoms with Gasteiger partial charge in [-0.3, -0.25) is 0 Å². The van der Waals surface area contributed by atoms with E-state index < -0.39 is 23.2 Å². The number of allylic oxidation sites excluding steroid dienone is 4. The van der Waals surface area contributed by atoms with Crippen LogP contribution < -0.4 is 28.1 Å². The van der Waals surface area contributed by atoms with Gasteiger partial charge in [-0.2, -0.15) is 0 Å². The molecule has 0 saturated carbocycles. The molecule has 2 aromatic carbocycles. The van der Waals surface area contributed by atoms with Gasteiger partial charge in [-0.25, -0.2) is 0 Å². The Morgan fingerprint density at radius 2 is 1.61 bits per heavy atom. The van der Waals surface area contributed by atoms with Crippen LogP contribution in [0.4, 0.5) is 0 Å². The van der Waals surface area contributed by atoms with E-state index in [0.717, 1.165) is 6.42 Å². The average molecular weight is 420 g/mol. The molecule has 0 fully saturated rings. The largest absolute Gasteiger partial charge is 1.00 e. The smallest absolute Gasteiger partial charge is 1.00 e. The topological polar surface area (TPSA) is 0 Å². The fourth-order valence-electron chi connectivity index (χ4n) is 3.44. The van der Waals surface area contributed by atoms with Gasteiger partial charge in [-0.15, -0.1) is 0 Å². The van der Waals surface area contributed by atoms with Crippen LogP contribution in [-0.2, 0) is 29.7 Å². The van der Waals surface area contributed by atoms with E-state index >= 15 is 0 Å². The zero-order valence-electron chi connectivity index (χ0n) is 13.0. The van der Waals surface area contributed by atoms with Crippen molar-refractivity contribution in [1.29, 1.82) is 0 Å². The molecule has 0 amide bonds. The van der Waals surface area contributed by atoms with Gasteiger partial charge in [0.25, 0.3) is 0 Å². The molecule has 0 aromatic heterocycles.